The van der Waals surface area contributed by atoms with Crippen molar-refractivity contribution >= 4 is 15.9 Å². The normalized spacial score (nSPS) is 16.9. The highest BCUT2D eigenvalue weighted by atomic mass is 79.9. The Morgan fingerprint density at radius 2 is 2.24 bits per heavy atom. The average molecular weight is 298 g/mol. The SMILES string of the molecule is CNC(C)c1ccc(Br)cc1OCCC1CC1. The van der Waals surface area contributed by atoms with Gasteiger partial charge in [0.05, 0.1) is 6.61 Å². The van der Waals surface area contributed by atoms with Crippen LogP contribution in [0, 0.1) is 5.92 Å². The maximum atomic E-state index is 5.92. The Morgan fingerprint density at radius 1 is 1.47 bits per heavy atom. The van der Waals surface area contributed by atoms with Crippen molar-refractivity contribution < 1.29 is 4.74 Å². The first-order valence-corrected chi connectivity index (χ1v) is 7.09. The number of benzene rings is 1. The summed E-state index contributed by atoms with van der Waals surface area (Å²) in [7, 11) is 1.97. The second-order valence-electron chi connectivity index (χ2n) is 4.77. The quantitative estimate of drug-likeness (QED) is 0.860. The number of rotatable bonds is 6. The Balaban J connectivity index is 2.02. The van der Waals surface area contributed by atoms with Crippen LogP contribution >= 0.6 is 15.9 Å². The summed E-state index contributed by atoms with van der Waals surface area (Å²) in [4.78, 5) is 0. The molecule has 0 aliphatic heterocycles. The standard InChI is InChI=1S/C14H20BrNO/c1-10(16-2)13-6-5-12(15)9-14(13)17-8-7-11-3-4-11/h5-6,9-11,16H,3-4,7-8H2,1-2H3. The van der Waals surface area contributed by atoms with Crippen LogP contribution < -0.4 is 10.1 Å². The predicted octanol–water partition coefficient (Wildman–Crippen LogP) is 3.91. The van der Waals surface area contributed by atoms with E-state index in [0.717, 1.165) is 22.7 Å². The van der Waals surface area contributed by atoms with Crippen LogP contribution in [0.2, 0.25) is 0 Å². The van der Waals surface area contributed by atoms with Crippen molar-refractivity contribution in [1.82, 2.24) is 5.32 Å². The van der Waals surface area contributed by atoms with E-state index in [1.165, 1.54) is 24.8 Å². The molecule has 17 heavy (non-hydrogen) atoms. The average Bonchev–Trinajstić information content (AvgIpc) is 3.12. The predicted molar refractivity (Wildman–Crippen MR) is 74.5 cm³/mol. The minimum atomic E-state index is 0.319. The van der Waals surface area contributed by atoms with Crippen LogP contribution in [-0.4, -0.2) is 13.7 Å². The third-order valence-electron chi connectivity index (χ3n) is 3.36. The fourth-order valence-electron chi connectivity index (χ4n) is 1.89. The number of nitrogens with one attached hydrogen (secondary N) is 1. The van der Waals surface area contributed by atoms with Crippen LogP contribution in [-0.2, 0) is 0 Å². The van der Waals surface area contributed by atoms with E-state index in [1.54, 1.807) is 0 Å². The molecule has 1 saturated carbocycles. The van der Waals surface area contributed by atoms with E-state index in [1.807, 2.05) is 7.05 Å². The Kier molecular flexibility index (Phi) is 4.46. The highest BCUT2D eigenvalue weighted by Gasteiger charge is 2.21. The van der Waals surface area contributed by atoms with Gasteiger partial charge in [0, 0.05) is 16.1 Å². The maximum Gasteiger partial charge on any atom is 0.125 e. The van der Waals surface area contributed by atoms with Crippen molar-refractivity contribution in [2.75, 3.05) is 13.7 Å². The summed E-state index contributed by atoms with van der Waals surface area (Å²) in [5.74, 6) is 1.93. The van der Waals surface area contributed by atoms with E-state index in [9.17, 15) is 0 Å². The molecule has 1 aromatic rings. The van der Waals surface area contributed by atoms with Gasteiger partial charge in [0.15, 0.2) is 0 Å². The van der Waals surface area contributed by atoms with Gasteiger partial charge in [0.2, 0.25) is 0 Å². The Hall–Kier alpha value is -0.540. The summed E-state index contributed by atoms with van der Waals surface area (Å²) < 4.78 is 7.00. The molecule has 0 spiro atoms. The fourth-order valence-corrected chi connectivity index (χ4v) is 2.23. The molecule has 1 fully saturated rings. The van der Waals surface area contributed by atoms with Crippen LogP contribution in [0.1, 0.15) is 37.8 Å². The third-order valence-corrected chi connectivity index (χ3v) is 3.85. The van der Waals surface area contributed by atoms with E-state index in [2.05, 4.69) is 46.4 Å². The van der Waals surface area contributed by atoms with Gasteiger partial charge in [-0.1, -0.05) is 34.8 Å². The van der Waals surface area contributed by atoms with Crippen molar-refractivity contribution in [3.8, 4) is 5.75 Å². The summed E-state index contributed by atoms with van der Waals surface area (Å²) in [6.45, 7) is 2.99. The molecule has 1 N–H and O–H groups in total. The van der Waals surface area contributed by atoms with Gasteiger partial charge in [-0.3, -0.25) is 0 Å². The minimum Gasteiger partial charge on any atom is -0.493 e. The highest BCUT2D eigenvalue weighted by molar-refractivity contribution is 9.10. The molecule has 1 aliphatic rings. The molecule has 0 amide bonds. The van der Waals surface area contributed by atoms with Gasteiger partial charge >= 0.3 is 0 Å². The Morgan fingerprint density at radius 3 is 2.88 bits per heavy atom. The molecule has 1 aliphatic carbocycles. The number of halogens is 1. The smallest absolute Gasteiger partial charge is 0.125 e. The largest absolute Gasteiger partial charge is 0.493 e. The summed E-state index contributed by atoms with van der Waals surface area (Å²) in [6.07, 6.45) is 3.98. The first-order chi connectivity index (χ1) is 8.20. The first-order valence-electron chi connectivity index (χ1n) is 6.30. The zero-order chi connectivity index (χ0) is 12.3. The first kappa shape index (κ1) is 12.9. The summed E-state index contributed by atoms with van der Waals surface area (Å²) >= 11 is 3.50. The number of ether oxygens (including phenoxy) is 1. The lowest BCUT2D eigenvalue weighted by Gasteiger charge is -2.17. The van der Waals surface area contributed by atoms with Gasteiger partial charge in [-0.25, -0.2) is 0 Å². The fraction of sp³-hybridized carbons (Fsp3) is 0.571. The van der Waals surface area contributed by atoms with Crippen LogP contribution in [0.25, 0.3) is 0 Å². The van der Waals surface area contributed by atoms with Crippen molar-refractivity contribution in [3.05, 3.63) is 28.2 Å². The van der Waals surface area contributed by atoms with Gasteiger partial charge < -0.3 is 10.1 Å². The lowest BCUT2D eigenvalue weighted by atomic mass is 10.1. The van der Waals surface area contributed by atoms with Crippen molar-refractivity contribution in [2.24, 2.45) is 5.92 Å². The van der Waals surface area contributed by atoms with Gasteiger partial charge in [0.1, 0.15) is 5.75 Å². The van der Waals surface area contributed by atoms with Gasteiger partial charge in [-0.05, 0) is 38.4 Å². The zero-order valence-corrected chi connectivity index (χ0v) is 12.1. The van der Waals surface area contributed by atoms with Gasteiger partial charge in [0.25, 0.3) is 0 Å². The van der Waals surface area contributed by atoms with E-state index >= 15 is 0 Å². The van der Waals surface area contributed by atoms with E-state index in [4.69, 9.17) is 4.74 Å². The van der Waals surface area contributed by atoms with E-state index in [-0.39, 0.29) is 0 Å². The maximum absolute atomic E-state index is 5.92. The van der Waals surface area contributed by atoms with Crippen molar-refractivity contribution in [2.45, 2.75) is 32.2 Å². The molecule has 0 radical (unpaired) electrons. The van der Waals surface area contributed by atoms with Crippen LogP contribution in [0.4, 0.5) is 0 Å². The molecule has 0 heterocycles. The summed E-state index contributed by atoms with van der Waals surface area (Å²) in [6, 6.07) is 6.57. The summed E-state index contributed by atoms with van der Waals surface area (Å²) in [5, 5.41) is 3.26. The molecule has 1 atom stereocenters. The molecule has 94 valence electrons. The van der Waals surface area contributed by atoms with Crippen molar-refractivity contribution in [1.29, 1.82) is 0 Å². The molecular formula is C14H20BrNO. The molecule has 1 aromatic carbocycles. The monoisotopic (exact) mass is 297 g/mol. The highest BCUT2D eigenvalue weighted by Crippen LogP contribution is 2.33. The second-order valence-corrected chi connectivity index (χ2v) is 5.69. The molecule has 3 heteroatoms. The second kappa shape index (κ2) is 5.87. The molecule has 0 saturated heterocycles. The van der Waals surface area contributed by atoms with Gasteiger partial charge in [-0.2, -0.15) is 0 Å². The lowest BCUT2D eigenvalue weighted by Crippen LogP contribution is -2.14. The molecule has 2 nitrogen and oxygen atoms in total. The molecular weight excluding hydrogens is 278 g/mol. The molecule has 0 aromatic heterocycles. The van der Waals surface area contributed by atoms with E-state index in [0.29, 0.717) is 6.04 Å². The Bertz CT molecular complexity index is 376. The minimum absolute atomic E-state index is 0.319. The molecule has 2 rings (SSSR count). The van der Waals surface area contributed by atoms with Crippen molar-refractivity contribution in [3.63, 3.8) is 0 Å². The topological polar surface area (TPSA) is 21.3 Å². The number of hydrogen-bond acceptors (Lipinski definition) is 2. The van der Waals surface area contributed by atoms with Crippen LogP contribution in [0.15, 0.2) is 22.7 Å². The number of hydrogen-bond donors (Lipinski definition) is 1. The van der Waals surface area contributed by atoms with Crippen LogP contribution in [0.5, 0.6) is 5.75 Å². The summed E-state index contributed by atoms with van der Waals surface area (Å²) in [5.41, 5.74) is 1.23. The van der Waals surface area contributed by atoms with Gasteiger partial charge in [-0.15, -0.1) is 0 Å². The van der Waals surface area contributed by atoms with Crippen LogP contribution in [0.3, 0.4) is 0 Å². The molecule has 0 bridgehead atoms. The Labute approximate surface area is 112 Å². The molecule has 1 unspecified atom stereocenters. The third kappa shape index (κ3) is 3.71. The lowest BCUT2D eigenvalue weighted by molar-refractivity contribution is 0.297. The zero-order valence-electron chi connectivity index (χ0n) is 10.5. The van der Waals surface area contributed by atoms with E-state index < -0.39 is 0 Å².